The van der Waals surface area contributed by atoms with E-state index in [-0.39, 0.29) is 11.3 Å². The zero-order chi connectivity index (χ0) is 14.8. The van der Waals surface area contributed by atoms with Crippen molar-refractivity contribution < 1.29 is 14.6 Å². The third-order valence-electron chi connectivity index (χ3n) is 4.05. The molecule has 0 aromatic heterocycles. The SMILES string of the molecule is Cc1ccc(O)c(C(=O)OC(C)(C)C2CCNCC2)c1. The first kappa shape index (κ1) is 14.9. The number of phenols is 1. The maximum absolute atomic E-state index is 12.3. The number of ether oxygens (including phenoxy) is 1. The van der Waals surface area contributed by atoms with E-state index in [9.17, 15) is 9.90 Å². The van der Waals surface area contributed by atoms with Gasteiger partial charge in [0.15, 0.2) is 0 Å². The molecule has 1 aromatic rings. The van der Waals surface area contributed by atoms with Gasteiger partial charge in [0.25, 0.3) is 0 Å². The minimum Gasteiger partial charge on any atom is -0.507 e. The van der Waals surface area contributed by atoms with Crippen molar-refractivity contribution in [1.29, 1.82) is 0 Å². The number of hydrogen-bond donors (Lipinski definition) is 2. The fourth-order valence-electron chi connectivity index (χ4n) is 2.71. The van der Waals surface area contributed by atoms with Gasteiger partial charge in [-0.3, -0.25) is 0 Å². The molecule has 4 heteroatoms. The topological polar surface area (TPSA) is 58.6 Å². The Balaban J connectivity index is 2.11. The van der Waals surface area contributed by atoms with Gasteiger partial charge in [-0.2, -0.15) is 0 Å². The predicted molar refractivity (Wildman–Crippen MR) is 77.9 cm³/mol. The molecule has 1 fully saturated rings. The summed E-state index contributed by atoms with van der Waals surface area (Å²) in [5.74, 6) is -0.129. The number of nitrogens with one attached hydrogen (secondary N) is 1. The first-order chi connectivity index (χ1) is 9.40. The lowest BCUT2D eigenvalue weighted by molar-refractivity contribution is -0.0370. The van der Waals surface area contributed by atoms with Crippen molar-refractivity contribution in [3.05, 3.63) is 29.3 Å². The fraction of sp³-hybridized carbons (Fsp3) is 0.562. The number of piperidine rings is 1. The third-order valence-corrected chi connectivity index (χ3v) is 4.05. The van der Waals surface area contributed by atoms with Crippen LogP contribution in [0.2, 0.25) is 0 Å². The highest BCUT2D eigenvalue weighted by Gasteiger charge is 2.34. The lowest BCUT2D eigenvalue weighted by Crippen LogP contribution is -2.42. The Morgan fingerprint density at radius 2 is 2.00 bits per heavy atom. The number of phenolic OH excluding ortho intramolecular Hbond substituents is 1. The van der Waals surface area contributed by atoms with Gasteiger partial charge >= 0.3 is 5.97 Å². The Bertz CT molecular complexity index is 490. The molecular formula is C16H23NO3. The highest BCUT2D eigenvalue weighted by Crippen LogP contribution is 2.31. The normalized spacial score (nSPS) is 16.9. The van der Waals surface area contributed by atoms with Gasteiger partial charge in [-0.25, -0.2) is 4.79 Å². The predicted octanol–water partition coefficient (Wildman–Crippen LogP) is 2.64. The maximum Gasteiger partial charge on any atom is 0.342 e. The van der Waals surface area contributed by atoms with E-state index < -0.39 is 11.6 Å². The zero-order valence-corrected chi connectivity index (χ0v) is 12.4. The van der Waals surface area contributed by atoms with E-state index in [0.717, 1.165) is 31.5 Å². The summed E-state index contributed by atoms with van der Waals surface area (Å²) in [5.41, 5.74) is 0.650. The standard InChI is InChI=1S/C16H23NO3/c1-11-4-5-14(18)13(10-11)15(19)20-16(2,3)12-6-8-17-9-7-12/h4-5,10,12,17-18H,6-9H2,1-3H3. The molecule has 1 aliphatic heterocycles. The molecule has 2 N–H and O–H groups in total. The van der Waals surface area contributed by atoms with Crippen LogP contribution < -0.4 is 5.32 Å². The summed E-state index contributed by atoms with van der Waals surface area (Å²) in [6.07, 6.45) is 2.00. The minimum absolute atomic E-state index is 0.0262. The van der Waals surface area contributed by atoms with E-state index in [1.54, 1.807) is 12.1 Å². The summed E-state index contributed by atoms with van der Waals surface area (Å²) in [7, 11) is 0. The average molecular weight is 277 g/mol. The van der Waals surface area contributed by atoms with Crippen LogP contribution in [0, 0.1) is 12.8 Å². The second-order valence-corrected chi connectivity index (χ2v) is 6.04. The van der Waals surface area contributed by atoms with Crippen molar-refractivity contribution in [2.45, 2.75) is 39.2 Å². The smallest absolute Gasteiger partial charge is 0.342 e. The summed E-state index contributed by atoms with van der Waals surface area (Å²) >= 11 is 0. The molecule has 0 amide bonds. The Hall–Kier alpha value is -1.55. The number of hydrogen-bond acceptors (Lipinski definition) is 4. The molecule has 0 unspecified atom stereocenters. The minimum atomic E-state index is -0.518. The van der Waals surface area contributed by atoms with Crippen molar-refractivity contribution in [1.82, 2.24) is 5.32 Å². The Morgan fingerprint density at radius 1 is 1.35 bits per heavy atom. The number of carbonyl (C=O) groups is 1. The van der Waals surface area contributed by atoms with Crippen molar-refractivity contribution in [2.24, 2.45) is 5.92 Å². The highest BCUT2D eigenvalue weighted by molar-refractivity contribution is 5.92. The molecule has 0 saturated carbocycles. The molecule has 1 heterocycles. The van der Waals surface area contributed by atoms with Gasteiger partial charge in [0.1, 0.15) is 16.9 Å². The molecule has 0 spiro atoms. The van der Waals surface area contributed by atoms with Crippen LogP contribution in [-0.4, -0.2) is 29.8 Å². The molecule has 1 saturated heterocycles. The van der Waals surface area contributed by atoms with Crippen LogP contribution in [0.5, 0.6) is 5.75 Å². The van der Waals surface area contributed by atoms with Gasteiger partial charge in [0.05, 0.1) is 0 Å². The summed E-state index contributed by atoms with van der Waals surface area (Å²) in [5, 5.41) is 13.1. The summed E-state index contributed by atoms with van der Waals surface area (Å²) in [4.78, 5) is 12.3. The Morgan fingerprint density at radius 3 is 2.65 bits per heavy atom. The van der Waals surface area contributed by atoms with Crippen molar-refractivity contribution in [2.75, 3.05) is 13.1 Å². The molecule has 1 aromatic carbocycles. The van der Waals surface area contributed by atoms with Gasteiger partial charge in [-0.15, -0.1) is 0 Å². The number of esters is 1. The molecule has 0 atom stereocenters. The Kier molecular flexibility index (Phi) is 4.33. The van der Waals surface area contributed by atoms with Crippen LogP contribution >= 0.6 is 0 Å². The summed E-state index contributed by atoms with van der Waals surface area (Å²) < 4.78 is 5.67. The van der Waals surface area contributed by atoms with Crippen LogP contribution in [0.15, 0.2) is 18.2 Å². The van der Waals surface area contributed by atoms with Crippen LogP contribution in [-0.2, 0) is 4.74 Å². The second-order valence-electron chi connectivity index (χ2n) is 6.04. The zero-order valence-electron chi connectivity index (χ0n) is 12.4. The van der Waals surface area contributed by atoms with Crippen LogP contribution in [0.3, 0.4) is 0 Å². The van der Waals surface area contributed by atoms with E-state index in [4.69, 9.17) is 4.74 Å². The quantitative estimate of drug-likeness (QED) is 0.834. The van der Waals surface area contributed by atoms with Crippen molar-refractivity contribution in [3.8, 4) is 5.75 Å². The molecule has 1 aliphatic rings. The van der Waals surface area contributed by atoms with Gasteiger partial charge < -0.3 is 15.2 Å². The van der Waals surface area contributed by atoms with E-state index >= 15 is 0 Å². The van der Waals surface area contributed by atoms with Gasteiger partial charge in [0.2, 0.25) is 0 Å². The van der Waals surface area contributed by atoms with Gasteiger partial charge in [-0.1, -0.05) is 11.6 Å². The van der Waals surface area contributed by atoms with Crippen LogP contribution in [0.25, 0.3) is 0 Å². The first-order valence-corrected chi connectivity index (χ1v) is 7.14. The van der Waals surface area contributed by atoms with Crippen molar-refractivity contribution >= 4 is 5.97 Å². The number of rotatable bonds is 3. The molecule has 20 heavy (non-hydrogen) atoms. The number of aromatic hydroxyl groups is 1. The van der Waals surface area contributed by atoms with E-state index in [1.807, 2.05) is 20.8 Å². The van der Waals surface area contributed by atoms with Crippen molar-refractivity contribution in [3.63, 3.8) is 0 Å². The molecule has 0 aliphatic carbocycles. The highest BCUT2D eigenvalue weighted by atomic mass is 16.6. The Labute approximate surface area is 120 Å². The fourth-order valence-corrected chi connectivity index (χ4v) is 2.71. The van der Waals surface area contributed by atoms with E-state index in [2.05, 4.69) is 5.32 Å². The average Bonchev–Trinajstić information content (AvgIpc) is 2.42. The van der Waals surface area contributed by atoms with Gasteiger partial charge in [-0.05, 0) is 58.8 Å². The maximum atomic E-state index is 12.3. The molecule has 0 bridgehead atoms. The summed E-state index contributed by atoms with van der Waals surface area (Å²) in [6.45, 7) is 7.71. The van der Waals surface area contributed by atoms with Crippen LogP contribution in [0.1, 0.15) is 42.6 Å². The van der Waals surface area contributed by atoms with Gasteiger partial charge in [0, 0.05) is 5.92 Å². The molecule has 4 nitrogen and oxygen atoms in total. The monoisotopic (exact) mass is 277 g/mol. The third kappa shape index (κ3) is 3.31. The number of carbonyl (C=O) groups excluding carboxylic acids is 1. The summed E-state index contributed by atoms with van der Waals surface area (Å²) in [6, 6.07) is 4.96. The molecule has 2 rings (SSSR count). The second kappa shape index (κ2) is 5.83. The molecule has 0 radical (unpaired) electrons. The first-order valence-electron chi connectivity index (χ1n) is 7.14. The van der Waals surface area contributed by atoms with E-state index in [1.165, 1.54) is 6.07 Å². The lowest BCUT2D eigenvalue weighted by atomic mass is 9.83. The van der Waals surface area contributed by atoms with Crippen LogP contribution in [0.4, 0.5) is 0 Å². The number of benzene rings is 1. The lowest BCUT2D eigenvalue weighted by Gasteiger charge is -2.36. The molecule has 110 valence electrons. The number of aryl methyl sites for hydroxylation is 1. The van der Waals surface area contributed by atoms with E-state index in [0.29, 0.717) is 5.92 Å². The largest absolute Gasteiger partial charge is 0.507 e. The molecular weight excluding hydrogens is 254 g/mol.